The Kier molecular flexibility index (Phi) is 3.91. The smallest absolute Gasteiger partial charge is 0.126 e. The molecule has 1 aromatic carbocycles. The third-order valence-electron chi connectivity index (χ3n) is 3.35. The molecule has 0 radical (unpaired) electrons. The maximum absolute atomic E-state index is 13.4. The molecule has 88 valence electrons. The summed E-state index contributed by atoms with van der Waals surface area (Å²) in [6.07, 6.45) is 1.84. The van der Waals surface area contributed by atoms with E-state index in [-0.39, 0.29) is 5.82 Å². The molecule has 0 amide bonds. The topological polar surface area (TPSA) is 15.3 Å². The molecule has 1 saturated heterocycles. The van der Waals surface area contributed by atoms with E-state index >= 15 is 0 Å². The predicted molar refractivity (Wildman–Crippen MR) is 64.0 cm³/mol. The van der Waals surface area contributed by atoms with Crippen molar-refractivity contribution in [1.29, 1.82) is 0 Å². The van der Waals surface area contributed by atoms with Crippen molar-refractivity contribution in [2.45, 2.75) is 18.9 Å². The summed E-state index contributed by atoms with van der Waals surface area (Å²) in [6, 6.07) is 7.60. The molecule has 16 heavy (non-hydrogen) atoms. The molecule has 1 aliphatic heterocycles. The maximum Gasteiger partial charge on any atom is 0.126 e. The van der Waals surface area contributed by atoms with Gasteiger partial charge in [-0.3, -0.25) is 0 Å². The second-order valence-electron chi connectivity index (χ2n) is 4.47. The summed E-state index contributed by atoms with van der Waals surface area (Å²) in [4.78, 5) is 2.36. The van der Waals surface area contributed by atoms with E-state index < -0.39 is 0 Å². The summed E-state index contributed by atoms with van der Waals surface area (Å²) in [7, 11) is 2.15. The van der Waals surface area contributed by atoms with E-state index in [9.17, 15) is 4.39 Å². The van der Waals surface area contributed by atoms with E-state index in [0.29, 0.717) is 6.04 Å². The predicted octanol–water partition coefficient (Wildman–Crippen LogP) is 1.66. The van der Waals surface area contributed by atoms with Gasteiger partial charge in [-0.15, -0.1) is 0 Å². The number of nitrogens with one attached hydrogen (secondary N) is 1. The molecular formula is C13H19FN2. The Balaban J connectivity index is 1.89. The van der Waals surface area contributed by atoms with Crippen LogP contribution >= 0.6 is 0 Å². The summed E-state index contributed by atoms with van der Waals surface area (Å²) in [6.45, 7) is 3.17. The van der Waals surface area contributed by atoms with Crippen LogP contribution in [0.1, 0.15) is 12.0 Å². The van der Waals surface area contributed by atoms with Crippen LogP contribution in [0, 0.1) is 5.82 Å². The lowest BCUT2D eigenvalue weighted by Crippen LogP contribution is -2.49. The third-order valence-corrected chi connectivity index (χ3v) is 3.35. The number of benzene rings is 1. The Morgan fingerprint density at radius 2 is 2.25 bits per heavy atom. The van der Waals surface area contributed by atoms with Crippen molar-refractivity contribution in [2.24, 2.45) is 0 Å². The van der Waals surface area contributed by atoms with Crippen molar-refractivity contribution in [2.75, 3.05) is 26.7 Å². The number of likely N-dealkylation sites (N-methyl/N-ethyl adjacent to an activating group) is 1. The van der Waals surface area contributed by atoms with E-state index in [1.165, 1.54) is 6.07 Å². The molecule has 1 heterocycles. The van der Waals surface area contributed by atoms with Gasteiger partial charge in [-0.1, -0.05) is 18.2 Å². The van der Waals surface area contributed by atoms with Gasteiger partial charge in [0.1, 0.15) is 5.82 Å². The monoisotopic (exact) mass is 222 g/mol. The number of halogens is 1. The normalized spacial score (nSPS) is 22.2. The first-order valence-electron chi connectivity index (χ1n) is 5.92. The Morgan fingerprint density at radius 3 is 3.00 bits per heavy atom. The largest absolute Gasteiger partial charge is 0.314 e. The standard InChI is InChI=1S/C13H19FN2/c1-16-9-8-15-10-12(16)7-6-11-4-2-3-5-13(11)14/h2-5,12,15H,6-10H2,1H3. The van der Waals surface area contributed by atoms with Crippen LogP contribution in [-0.2, 0) is 6.42 Å². The molecule has 0 aromatic heterocycles. The lowest BCUT2D eigenvalue weighted by atomic mass is 10.0. The average molecular weight is 222 g/mol. The minimum Gasteiger partial charge on any atom is -0.314 e. The van der Waals surface area contributed by atoms with Gasteiger partial charge >= 0.3 is 0 Å². The molecule has 1 N–H and O–H groups in total. The second-order valence-corrected chi connectivity index (χ2v) is 4.47. The van der Waals surface area contributed by atoms with E-state index in [1.54, 1.807) is 6.07 Å². The molecule has 1 aliphatic rings. The van der Waals surface area contributed by atoms with Gasteiger partial charge in [-0.2, -0.15) is 0 Å². The molecule has 0 spiro atoms. The van der Waals surface area contributed by atoms with Gasteiger partial charge < -0.3 is 10.2 Å². The first-order chi connectivity index (χ1) is 7.77. The number of aryl methyl sites for hydroxylation is 1. The number of piperazine rings is 1. The van der Waals surface area contributed by atoms with E-state index in [1.807, 2.05) is 12.1 Å². The van der Waals surface area contributed by atoms with Crippen molar-refractivity contribution in [3.05, 3.63) is 35.6 Å². The fraction of sp³-hybridized carbons (Fsp3) is 0.538. The highest BCUT2D eigenvalue weighted by Gasteiger charge is 2.18. The van der Waals surface area contributed by atoms with Gasteiger partial charge in [-0.25, -0.2) is 4.39 Å². The fourth-order valence-electron chi connectivity index (χ4n) is 2.21. The molecule has 1 unspecified atom stereocenters. The molecule has 0 aliphatic carbocycles. The van der Waals surface area contributed by atoms with Gasteiger partial charge in [-0.05, 0) is 31.5 Å². The Hall–Kier alpha value is -0.930. The van der Waals surface area contributed by atoms with Crippen LogP contribution in [0.4, 0.5) is 4.39 Å². The van der Waals surface area contributed by atoms with Crippen molar-refractivity contribution in [3.8, 4) is 0 Å². The number of rotatable bonds is 3. The molecular weight excluding hydrogens is 203 g/mol. The lowest BCUT2D eigenvalue weighted by molar-refractivity contribution is 0.190. The molecule has 1 fully saturated rings. The quantitative estimate of drug-likeness (QED) is 0.836. The van der Waals surface area contributed by atoms with Gasteiger partial charge in [0.15, 0.2) is 0 Å². The van der Waals surface area contributed by atoms with E-state index in [4.69, 9.17) is 0 Å². The van der Waals surface area contributed by atoms with Crippen LogP contribution in [0.25, 0.3) is 0 Å². The molecule has 0 saturated carbocycles. The minimum atomic E-state index is -0.0751. The molecule has 3 heteroatoms. The van der Waals surface area contributed by atoms with Gasteiger partial charge in [0.25, 0.3) is 0 Å². The molecule has 1 aromatic rings. The third kappa shape index (κ3) is 2.80. The van der Waals surface area contributed by atoms with Crippen LogP contribution in [0.3, 0.4) is 0 Å². The zero-order chi connectivity index (χ0) is 11.4. The Morgan fingerprint density at radius 1 is 1.44 bits per heavy atom. The molecule has 1 atom stereocenters. The second kappa shape index (κ2) is 5.41. The maximum atomic E-state index is 13.4. The van der Waals surface area contributed by atoms with Gasteiger partial charge in [0.05, 0.1) is 0 Å². The van der Waals surface area contributed by atoms with Crippen LogP contribution in [-0.4, -0.2) is 37.6 Å². The SMILES string of the molecule is CN1CCNCC1CCc1ccccc1F. The average Bonchev–Trinajstić information content (AvgIpc) is 2.30. The number of hydrogen-bond acceptors (Lipinski definition) is 2. The number of hydrogen-bond donors (Lipinski definition) is 1. The van der Waals surface area contributed by atoms with Crippen molar-refractivity contribution < 1.29 is 4.39 Å². The molecule has 2 rings (SSSR count). The zero-order valence-corrected chi connectivity index (χ0v) is 9.75. The van der Waals surface area contributed by atoms with E-state index in [0.717, 1.165) is 38.0 Å². The van der Waals surface area contributed by atoms with E-state index in [2.05, 4.69) is 17.3 Å². The molecule has 2 nitrogen and oxygen atoms in total. The van der Waals surface area contributed by atoms with Crippen LogP contribution in [0.5, 0.6) is 0 Å². The first-order valence-corrected chi connectivity index (χ1v) is 5.92. The fourth-order valence-corrected chi connectivity index (χ4v) is 2.21. The Bertz CT molecular complexity index is 340. The lowest BCUT2D eigenvalue weighted by Gasteiger charge is -2.33. The number of nitrogens with zero attached hydrogens (tertiary/aromatic N) is 1. The van der Waals surface area contributed by atoms with Gasteiger partial charge in [0, 0.05) is 25.7 Å². The highest BCUT2D eigenvalue weighted by molar-refractivity contribution is 5.17. The van der Waals surface area contributed by atoms with Crippen LogP contribution in [0.2, 0.25) is 0 Å². The van der Waals surface area contributed by atoms with Crippen LogP contribution < -0.4 is 5.32 Å². The van der Waals surface area contributed by atoms with Crippen molar-refractivity contribution in [1.82, 2.24) is 10.2 Å². The summed E-state index contributed by atoms with van der Waals surface area (Å²) in [5, 5.41) is 3.38. The highest BCUT2D eigenvalue weighted by atomic mass is 19.1. The Labute approximate surface area is 96.5 Å². The van der Waals surface area contributed by atoms with Crippen molar-refractivity contribution in [3.63, 3.8) is 0 Å². The summed E-state index contributed by atoms with van der Waals surface area (Å²) in [5.74, 6) is -0.0751. The first kappa shape index (κ1) is 11.6. The van der Waals surface area contributed by atoms with Crippen molar-refractivity contribution >= 4 is 0 Å². The zero-order valence-electron chi connectivity index (χ0n) is 9.75. The highest BCUT2D eigenvalue weighted by Crippen LogP contribution is 2.13. The summed E-state index contributed by atoms with van der Waals surface area (Å²) in [5.41, 5.74) is 0.835. The van der Waals surface area contributed by atoms with Crippen LogP contribution in [0.15, 0.2) is 24.3 Å². The van der Waals surface area contributed by atoms with Gasteiger partial charge in [0.2, 0.25) is 0 Å². The molecule has 0 bridgehead atoms. The minimum absolute atomic E-state index is 0.0751. The summed E-state index contributed by atoms with van der Waals surface area (Å²) >= 11 is 0. The summed E-state index contributed by atoms with van der Waals surface area (Å²) < 4.78 is 13.4.